The molecular formula is C26H29N3O5. The second-order valence-electron chi connectivity index (χ2n) is 8.38. The van der Waals surface area contributed by atoms with E-state index in [4.69, 9.17) is 4.74 Å². The Hall–Kier alpha value is -3.62. The standard InChI is InChI=1S/C26H29N3O5/c1-34-20-9-10-23-21(16-20)22(17-29(23)18-24(30)31)25(26(32)33)28-14-12-27(13-15-28)11-5-8-19-6-3-2-4-7-19/h2-10,16-17,25H,11-15,18H2,1H3,(H,30,31)(H,32,33)/t25-/m0/s1. The third kappa shape index (κ3) is 5.30. The van der Waals surface area contributed by atoms with Crippen molar-refractivity contribution in [3.05, 3.63) is 71.9 Å². The lowest BCUT2D eigenvalue weighted by Gasteiger charge is -2.37. The molecule has 0 saturated carbocycles. The smallest absolute Gasteiger partial charge is 0.325 e. The molecule has 2 N–H and O–H groups in total. The van der Waals surface area contributed by atoms with Crippen molar-refractivity contribution in [3.63, 3.8) is 0 Å². The predicted molar refractivity (Wildman–Crippen MR) is 130 cm³/mol. The summed E-state index contributed by atoms with van der Waals surface area (Å²) in [6.07, 6.45) is 5.88. The van der Waals surface area contributed by atoms with Crippen molar-refractivity contribution in [2.75, 3.05) is 39.8 Å². The Morgan fingerprint density at radius 2 is 1.79 bits per heavy atom. The highest BCUT2D eigenvalue weighted by atomic mass is 16.5. The quantitative estimate of drug-likeness (QED) is 0.503. The van der Waals surface area contributed by atoms with Crippen LogP contribution in [-0.4, -0.2) is 76.4 Å². The maximum atomic E-state index is 12.4. The van der Waals surface area contributed by atoms with Crippen LogP contribution in [0.4, 0.5) is 0 Å². The van der Waals surface area contributed by atoms with Crippen LogP contribution in [0, 0.1) is 0 Å². The summed E-state index contributed by atoms with van der Waals surface area (Å²) in [7, 11) is 1.55. The molecule has 1 atom stereocenters. The number of hydrogen-bond donors (Lipinski definition) is 2. The molecule has 2 heterocycles. The molecule has 0 unspecified atom stereocenters. The van der Waals surface area contributed by atoms with E-state index < -0.39 is 18.0 Å². The van der Waals surface area contributed by atoms with Gasteiger partial charge in [-0.25, -0.2) is 0 Å². The van der Waals surface area contributed by atoms with Crippen LogP contribution in [0.3, 0.4) is 0 Å². The number of carboxylic acids is 2. The van der Waals surface area contributed by atoms with Gasteiger partial charge in [-0.2, -0.15) is 0 Å². The van der Waals surface area contributed by atoms with Crippen molar-refractivity contribution in [3.8, 4) is 5.75 Å². The fourth-order valence-electron chi connectivity index (χ4n) is 4.52. The Bertz CT molecular complexity index is 1180. The first-order chi connectivity index (χ1) is 16.5. The molecule has 3 aromatic rings. The van der Waals surface area contributed by atoms with E-state index in [1.165, 1.54) is 0 Å². The summed E-state index contributed by atoms with van der Waals surface area (Å²) in [6, 6.07) is 14.6. The highest BCUT2D eigenvalue weighted by molar-refractivity contribution is 5.91. The van der Waals surface area contributed by atoms with Crippen LogP contribution in [-0.2, 0) is 16.1 Å². The molecule has 1 saturated heterocycles. The fraction of sp³-hybridized carbons (Fsp3) is 0.308. The van der Waals surface area contributed by atoms with E-state index in [2.05, 4.69) is 29.2 Å². The molecule has 0 amide bonds. The van der Waals surface area contributed by atoms with Gasteiger partial charge in [-0.1, -0.05) is 42.5 Å². The monoisotopic (exact) mass is 463 g/mol. The van der Waals surface area contributed by atoms with E-state index in [0.29, 0.717) is 35.3 Å². The molecule has 0 aliphatic carbocycles. The Morgan fingerprint density at radius 3 is 2.44 bits per heavy atom. The normalized spacial score (nSPS) is 16.1. The van der Waals surface area contributed by atoms with E-state index in [1.54, 1.807) is 36.1 Å². The second kappa shape index (κ2) is 10.5. The Labute approximate surface area is 198 Å². The summed E-state index contributed by atoms with van der Waals surface area (Å²) in [5.74, 6) is -1.33. The number of aromatic nitrogens is 1. The first kappa shape index (κ1) is 23.5. The van der Waals surface area contributed by atoms with Crippen LogP contribution in [0.25, 0.3) is 17.0 Å². The summed E-state index contributed by atoms with van der Waals surface area (Å²) >= 11 is 0. The first-order valence-electron chi connectivity index (χ1n) is 11.3. The number of methoxy groups -OCH3 is 1. The zero-order valence-electron chi connectivity index (χ0n) is 19.1. The molecule has 1 fully saturated rings. The molecule has 1 aromatic heterocycles. The van der Waals surface area contributed by atoms with Crippen molar-refractivity contribution in [1.29, 1.82) is 0 Å². The molecule has 34 heavy (non-hydrogen) atoms. The summed E-state index contributed by atoms with van der Waals surface area (Å²) in [5.41, 5.74) is 2.41. The van der Waals surface area contributed by atoms with Crippen molar-refractivity contribution in [2.24, 2.45) is 0 Å². The minimum atomic E-state index is -0.983. The maximum absolute atomic E-state index is 12.4. The molecule has 2 aromatic carbocycles. The van der Waals surface area contributed by atoms with Crippen molar-refractivity contribution < 1.29 is 24.5 Å². The van der Waals surface area contributed by atoms with Crippen LogP contribution in [0.15, 0.2) is 60.8 Å². The highest BCUT2D eigenvalue weighted by Gasteiger charge is 2.33. The van der Waals surface area contributed by atoms with Crippen LogP contribution in [0.1, 0.15) is 17.2 Å². The molecule has 178 valence electrons. The predicted octanol–water partition coefficient (Wildman–Crippen LogP) is 3.19. The van der Waals surface area contributed by atoms with Gasteiger partial charge in [0.25, 0.3) is 0 Å². The minimum Gasteiger partial charge on any atom is -0.497 e. The SMILES string of the molecule is COc1ccc2c(c1)c([C@@H](C(=O)O)N1CCN(CC=Cc3ccccc3)CC1)cn2CC(=O)O. The van der Waals surface area contributed by atoms with Crippen molar-refractivity contribution in [1.82, 2.24) is 14.4 Å². The number of hydrogen-bond acceptors (Lipinski definition) is 5. The molecular weight excluding hydrogens is 434 g/mol. The lowest BCUT2D eigenvalue weighted by Crippen LogP contribution is -2.49. The fourth-order valence-corrected chi connectivity index (χ4v) is 4.52. The third-order valence-electron chi connectivity index (χ3n) is 6.20. The zero-order valence-corrected chi connectivity index (χ0v) is 19.1. The summed E-state index contributed by atoms with van der Waals surface area (Å²) in [6.45, 7) is 3.27. The Balaban J connectivity index is 1.52. The van der Waals surface area contributed by atoms with E-state index in [1.807, 2.05) is 23.1 Å². The Kier molecular flexibility index (Phi) is 7.30. The number of ether oxygens (including phenoxy) is 1. The van der Waals surface area contributed by atoms with E-state index in [0.717, 1.165) is 25.2 Å². The van der Waals surface area contributed by atoms with Crippen LogP contribution in [0.2, 0.25) is 0 Å². The maximum Gasteiger partial charge on any atom is 0.325 e. The number of fused-ring (bicyclic) bond motifs is 1. The van der Waals surface area contributed by atoms with Crippen molar-refractivity contribution in [2.45, 2.75) is 12.6 Å². The van der Waals surface area contributed by atoms with Gasteiger partial charge in [0.05, 0.1) is 7.11 Å². The van der Waals surface area contributed by atoms with Gasteiger partial charge in [-0.05, 0) is 23.8 Å². The molecule has 0 bridgehead atoms. The second-order valence-corrected chi connectivity index (χ2v) is 8.38. The van der Waals surface area contributed by atoms with Gasteiger partial charge in [-0.3, -0.25) is 19.4 Å². The average Bonchev–Trinajstić information content (AvgIpc) is 3.17. The van der Waals surface area contributed by atoms with Gasteiger partial charge in [0, 0.05) is 55.4 Å². The summed E-state index contributed by atoms with van der Waals surface area (Å²) in [4.78, 5) is 28.1. The van der Waals surface area contributed by atoms with Gasteiger partial charge >= 0.3 is 11.9 Å². The highest BCUT2D eigenvalue weighted by Crippen LogP contribution is 2.33. The molecule has 4 rings (SSSR count). The van der Waals surface area contributed by atoms with Gasteiger partial charge in [0.15, 0.2) is 0 Å². The summed E-state index contributed by atoms with van der Waals surface area (Å²) < 4.78 is 6.93. The summed E-state index contributed by atoms with van der Waals surface area (Å²) in [5, 5.41) is 20.2. The van der Waals surface area contributed by atoms with E-state index in [-0.39, 0.29) is 6.54 Å². The largest absolute Gasteiger partial charge is 0.497 e. The molecule has 1 aliphatic heterocycles. The molecule has 0 radical (unpaired) electrons. The van der Waals surface area contributed by atoms with Crippen molar-refractivity contribution >= 4 is 28.9 Å². The number of nitrogens with zero attached hydrogens (tertiary/aromatic N) is 3. The van der Waals surface area contributed by atoms with E-state index >= 15 is 0 Å². The molecule has 0 spiro atoms. The number of piperazine rings is 1. The molecule has 8 nitrogen and oxygen atoms in total. The van der Waals surface area contributed by atoms with Gasteiger partial charge in [-0.15, -0.1) is 0 Å². The van der Waals surface area contributed by atoms with Crippen LogP contribution < -0.4 is 4.74 Å². The van der Waals surface area contributed by atoms with Gasteiger partial charge in [0.1, 0.15) is 18.3 Å². The number of benzene rings is 2. The molecule has 8 heteroatoms. The van der Waals surface area contributed by atoms with Crippen LogP contribution in [0.5, 0.6) is 5.75 Å². The number of carboxylic acid groups (broad SMARTS) is 2. The number of rotatable bonds is 9. The number of carbonyl (C=O) groups is 2. The van der Waals surface area contributed by atoms with Gasteiger partial charge < -0.3 is 19.5 Å². The molecule has 1 aliphatic rings. The lowest BCUT2D eigenvalue weighted by molar-refractivity contribution is -0.144. The zero-order chi connectivity index (χ0) is 24.1. The van der Waals surface area contributed by atoms with Crippen LogP contribution >= 0.6 is 0 Å². The van der Waals surface area contributed by atoms with Gasteiger partial charge in [0.2, 0.25) is 0 Å². The lowest BCUT2D eigenvalue weighted by atomic mass is 10.0. The third-order valence-corrected chi connectivity index (χ3v) is 6.20. The topological polar surface area (TPSA) is 95.2 Å². The van der Waals surface area contributed by atoms with E-state index in [9.17, 15) is 19.8 Å². The minimum absolute atomic E-state index is 0.239. The number of aliphatic carboxylic acids is 2. The Morgan fingerprint density at radius 1 is 1.06 bits per heavy atom. The first-order valence-corrected chi connectivity index (χ1v) is 11.3. The average molecular weight is 464 g/mol.